The minimum Gasteiger partial charge on any atom is -0.494 e. The maximum atomic E-state index is 5.47. The zero-order valence-corrected chi connectivity index (χ0v) is 10.2. The van der Waals surface area contributed by atoms with Gasteiger partial charge in [-0.05, 0) is 55.9 Å². The van der Waals surface area contributed by atoms with Gasteiger partial charge in [0.05, 0.1) is 6.61 Å². The van der Waals surface area contributed by atoms with Gasteiger partial charge in [0.25, 0.3) is 0 Å². The summed E-state index contributed by atoms with van der Waals surface area (Å²) in [4.78, 5) is 0. The summed E-state index contributed by atoms with van der Waals surface area (Å²) in [5.74, 6) is 1.03. The van der Waals surface area contributed by atoms with E-state index in [0.717, 1.165) is 12.4 Å². The highest BCUT2D eigenvalue weighted by atomic mass is 16.5. The standard InChI is InChI=1S/C12H16O.C2H6/c1-2-13-12-8-7-10-5-3-4-6-11(10)9-12;1-2/h7-9H,2-6H2,1H3;1-2H3. The first-order chi connectivity index (χ1) is 7.40. The van der Waals surface area contributed by atoms with E-state index >= 15 is 0 Å². The second-order valence-electron chi connectivity index (χ2n) is 3.57. The molecule has 0 saturated carbocycles. The van der Waals surface area contributed by atoms with Crippen molar-refractivity contribution in [1.29, 1.82) is 0 Å². The molecule has 0 radical (unpaired) electrons. The molecule has 0 bridgehead atoms. The Hall–Kier alpha value is -0.980. The summed E-state index contributed by atoms with van der Waals surface area (Å²) in [6.07, 6.45) is 5.17. The van der Waals surface area contributed by atoms with Gasteiger partial charge in [0.2, 0.25) is 0 Å². The number of fused-ring (bicyclic) bond motifs is 1. The fourth-order valence-electron chi connectivity index (χ4n) is 1.97. The third-order valence-corrected chi connectivity index (χ3v) is 2.63. The molecule has 0 saturated heterocycles. The molecule has 0 unspecified atom stereocenters. The van der Waals surface area contributed by atoms with E-state index in [2.05, 4.69) is 18.2 Å². The van der Waals surface area contributed by atoms with Crippen molar-refractivity contribution in [1.82, 2.24) is 0 Å². The van der Waals surface area contributed by atoms with Gasteiger partial charge in [0, 0.05) is 0 Å². The number of hydrogen-bond donors (Lipinski definition) is 0. The van der Waals surface area contributed by atoms with Crippen LogP contribution in [-0.4, -0.2) is 6.61 Å². The van der Waals surface area contributed by atoms with Gasteiger partial charge in [-0.25, -0.2) is 0 Å². The Morgan fingerprint density at radius 3 is 2.40 bits per heavy atom. The molecule has 1 nitrogen and oxygen atoms in total. The van der Waals surface area contributed by atoms with Crippen LogP contribution in [-0.2, 0) is 12.8 Å². The van der Waals surface area contributed by atoms with Crippen LogP contribution >= 0.6 is 0 Å². The molecule has 0 aromatic heterocycles. The molecule has 0 N–H and O–H groups in total. The number of hydrogen-bond acceptors (Lipinski definition) is 1. The highest BCUT2D eigenvalue weighted by Gasteiger charge is 2.09. The molecule has 1 heteroatoms. The number of ether oxygens (including phenoxy) is 1. The molecular formula is C14H22O. The maximum absolute atomic E-state index is 5.47. The molecular weight excluding hydrogens is 184 g/mol. The van der Waals surface area contributed by atoms with Crippen molar-refractivity contribution < 1.29 is 4.74 Å². The largest absolute Gasteiger partial charge is 0.494 e. The molecule has 0 amide bonds. The molecule has 15 heavy (non-hydrogen) atoms. The monoisotopic (exact) mass is 206 g/mol. The van der Waals surface area contributed by atoms with E-state index in [-0.39, 0.29) is 0 Å². The van der Waals surface area contributed by atoms with E-state index in [9.17, 15) is 0 Å². The minimum atomic E-state index is 0.763. The fraction of sp³-hybridized carbons (Fsp3) is 0.571. The summed E-state index contributed by atoms with van der Waals surface area (Å²) in [5.41, 5.74) is 3.02. The van der Waals surface area contributed by atoms with Crippen molar-refractivity contribution in [2.45, 2.75) is 46.5 Å². The molecule has 0 aliphatic heterocycles. The van der Waals surface area contributed by atoms with Crippen LogP contribution in [0.25, 0.3) is 0 Å². The van der Waals surface area contributed by atoms with Crippen LogP contribution in [0, 0.1) is 0 Å². The van der Waals surface area contributed by atoms with Crippen molar-refractivity contribution in [2.24, 2.45) is 0 Å². The van der Waals surface area contributed by atoms with Crippen LogP contribution in [0.15, 0.2) is 18.2 Å². The Morgan fingerprint density at radius 2 is 1.73 bits per heavy atom. The highest BCUT2D eigenvalue weighted by Crippen LogP contribution is 2.25. The van der Waals surface area contributed by atoms with Gasteiger partial charge in [-0.2, -0.15) is 0 Å². The number of benzene rings is 1. The summed E-state index contributed by atoms with van der Waals surface area (Å²) < 4.78 is 5.47. The van der Waals surface area contributed by atoms with Gasteiger partial charge < -0.3 is 4.74 Å². The van der Waals surface area contributed by atoms with Crippen LogP contribution in [0.4, 0.5) is 0 Å². The fourth-order valence-corrected chi connectivity index (χ4v) is 1.97. The molecule has 0 fully saturated rings. The Balaban J connectivity index is 0.000000531. The van der Waals surface area contributed by atoms with E-state index in [1.54, 1.807) is 0 Å². The Bertz CT molecular complexity index is 291. The molecule has 1 aromatic carbocycles. The predicted octanol–water partition coefficient (Wildman–Crippen LogP) is 3.99. The average molecular weight is 206 g/mol. The van der Waals surface area contributed by atoms with E-state index in [0.29, 0.717) is 0 Å². The number of rotatable bonds is 2. The highest BCUT2D eigenvalue weighted by molar-refractivity contribution is 5.37. The lowest BCUT2D eigenvalue weighted by Gasteiger charge is -2.16. The van der Waals surface area contributed by atoms with E-state index < -0.39 is 0 Å². The summed E-state index contributed by atoms with van der Waals surface area (Å²) in [6, 6.07) is 6.52. The lowest BCUT2D eigenvalue weighted by molar-refractivity contribution is 0.339. The SMILES string of the molecule is CC.CCOc1ccc2c(c1)CCCC2. The Labute approximate surface area is 93.5 Å². The smallest absolute Gasteiger partial charge is 0.119 e. The first-order valence-electron chi connectivity index (χ1n) is 6.15. The lowest BCUT2D eigenvalue weighted by Crippen LogP contribution is -2.03. The van der Waals surface area contributed by atoms with Gasteiger partial charge in [-0.3, -0.25) is 0 Å². The Morgan fingerprint density at radius 1 is 1.07 bits per heavy atom. The van der Waals surface area contributed by atoms with E-state index in [1.807, 2.05) is 20.8 Å². The van der Waals surface area contributed by atoms with E-state index in [1.165, 1.54) is 36.8 Å². The van der Waals surface area contributed by atoms with Gasteiger partial charge in [-0.1, -0.05) is 19.9 Å². The van der Waals surface area contributed by atoms with Crippen LogP contribution in [0.3, 0.4) is 0 Å². The van der Waals surface area contributed by atoms with Gasteiger partial charge in [0.1, 0.15) is 5.75 Å². The first kappa shape index (κ1) is 12.1. The normalized spacial score (nSPS) is 13.5. The second-order valence-corrected chi connectivity index (χ2v) is 3.57. The molecule has 84 valence electrons. The topological polar surface area (TPSA) is 9.23 Å². The van der Waals surface area contributed by atoms with Crippen molar-refractivity contribution >= 4 is 0 Å². The summed E-state index contributed by atoms with van der Waals surface area (Å²) in [5, 5.41) is 0. The van der Waals surface area contributed by atoms with Gasteiger partial charge in [0.15, 0.2) is 0 Å². The molecule has 0 atom stereocenters. The predicted molar refractivity (Wildman–Crippen MR) is 65.6 cm³/mol. The molecule has 0 spiro atoms. The molecule has 1 aliphatic carbocycles. The van der Waals surface area contributed by atoms with Crippen LogP contribution in [0.5, 0.6) is 5.75 Å². The first-order valence-corrected chi connectivity index (χ1v) is 6.15. The molecule has 1 aromatic rings. The third kappa shape index (κ3) is 3.26. The molecule has 2 rings (SSSR count). The van der Waals surface area contributed by atoms with Crippen LogP contribution < -0.4 is 4.74 Å². The van der Waals surface area contributed by atoms with Crippen molar-refractivity contribution in [3.05, 3.63) is 29.3 Å². The summed E-state index contributed by atoms with van der Waals surface area (Å²) >= 11 is 0. The maximum Gasteiger partial charge on any atom is 0.119 e. The molecule has 0 heterocycles. The quantitative estimate of drug-likeness (QED) is 0.711. The van der Waals surface area contributed by atoms with Crippen molar-refractivity contribution in [3.63, 3.8) is 0 Å². The summed E-state index contributed by atoms with van der Waals surface area (Å²) in [6.45, 7) is 6.79. The average Bonchev–Trinajstić information content (AvgIpc) is 2.32. The zero-order valence-electron chi connectivity index (χ0n) is 10.2. The lowest BCUT2D eigenvalue weighted by atomic mass is 9.92. The van der Waals surface area contributed by atoms with Gasteiger partial charge in [-0.15, -0.1) is 0 Å². The van der Waals surface area contributed by atoms with Crippen LogP contribution in [0.1, 0.15) is 44.7 Å². The number of aryl methyl sites for hydroxylation is 2. The van der Waals surface area contributed by atoms with Crippen LogP contribution in [0.2, 0.25) is 0 Å². The summed E-state index contributed by atoms with van der Waals surface area (Å²) in [7, 11) is 0. The van der Waals surface area contributed by atoms with E-state index in [4.69, 9.17) is 4.74 Å². The van der Waals surface area contributed by atoms with Crippen molar-refractivity contribution in [3.8, 4) is 5.75 Å². The van der Waals surface area contributed by atoms with Crippen molar-refractivity contribution in [2.75, 3.05) is 6.61 Å². The second kappa shape index (κ2) is 6.49. The Kier molecular flexibility index (Phi) is 5.23. The third-order valence-electron chi connectivity index (χ3n) is 2.63. The zero-order chi connectivity index (χ0) is 11.1. The van der Waals surface area contributed by atoms with Gasteiger partial charge >= 0.3 is 0 Å². The minimum absolute atomic E-state index is 0.763. The molecule has 1 aliphatic rings.